The van der Waals surface area contributed by atoms with Crippen molar-refractivity contribution in [3.8, 4) is 0 Å². The van der Waals surface area contributed by atoms with Crippen molar-refractivity contribution in [2.45, 2.75) is 44.0 Å². The molecule has 2 unspecified atom stereocenters. The van der Waals surface area contributed by atoms with Crippen LogP contribution in [0.25, 0.3) is 0 Å². The van der Waals surface area contributed by atoms with Gasteiger partial charge in [0, 0.05) is 18.5 Å². The molecule has 0 aromatic rings. The number of aliphatic hydroxyl groups is 1. The number of ether oxygens (including phenoxy) is 1. The first-order valence-electron chi connectivity index (χ1n) is 5.18. The lowest BCUT2D eigenvalue weighted by atomic mass is 10.2. The minimum absolute atomic E-state index is 0.341. The van der Waals surface area contributed by atoms with Gasteiger partial charge in [0.05, 0.1) is 6.10 Å². The third-order valence-corrected chi connectivity index (χ3v) is 4.01. The minimum Gasteiger partial charge on any atom is -0.396 e. The SMILES string of the molecule is CC1OCCC1SCCCCCO. The van der Waals surface area contributed by atoms with Crippen molar-refractivity contribution in [2.75, 3.05) is 19.0 Å². The van der Waals surface area contributed by atoms with E-state index in [-0.39, 0.29) is 0 Å². The van der Waals surface area contributed by atoms with Gasteiger partial charge in [-0.25, -0.2) is 0 Å². The summed E-state index contributed by atoms with van der Waals surface area (Å²) >= 11 is 2.04. The second kappa shape index (κ2) is 6.68. The number of thioether (sulfide) groups is 1. The van der Waals surface area contributed by atoms with Crippen molar-refractivity contribution in [3.05, 3.63) is 0 Å². The minimum atomic E-state index is 0.341. The summed E-state index contributed by atoms with van der Waals surface area (Å²) in [6, 6.07) is 0. The van der Waals surface area contributed by atoms with Gasteiger partial charge in [0.2, 0.25) is 0 Å². The predicted octanol–water partition coefficient (Wildman–Crippen LogP) is 2.06. The van der Waals surface area contributed by atoms with Crippen LogP contribution in [0.2, 0.25) is 0 Å². The van der Waals surface area contributed by atoms with Crippen molar-refractivity contribution in [3.63, 3.8) is 0 Å². The van der Waals surface area contributed by atoms with Crippen LogP contribution in [0.5, 0.6) is 0 Å². The van der Waals surface area contributed by atoms with E-state index in [1.54, 1.807) is 0 Å². The molecule has 2 atom stereocenters. The smallest absolute Gasteiger partial charge is 0.0666 e. The van der Waals surface area contributed by atoms with Gasteiger partial charge in [-0.05, 0) is 31.9 Å². The van der Waals surface area contributed by atoms with E-state index < -0.39 is 0 Å². The van der Waals surface area contributed by atoms with Crippen molar-refractivity contribution >= 4 is 11.8 Å². The van der Waals surface area contributed by atoms with Gasteiger partial charge < -0.3 is 9.84 Å². The fourth-order valence-electron chi connectivity index (χ4n) is 1.56. The zero-order valence-electron chi connectivity index (χ0n) is 8.37. The van der Waals surface area contributed by atoms with Gasteiger partial charge in [-0.3, -0.25) is 0 Å². The molecule has 1 heterocycles. The average molecular weight is 204 g/mol. The van der Waals surface area contributed by atoms with Crippen LogP contribution < -0.4 is 0 Å². The Labute approximate surface area is 85.0 Å². The maximum atomic E-state index is 8.59. The zero-order chi connectivity index (χ0) is 9.52. The van der Waals surface area contributed by atoms with E-state index in [2.05, 4.69) is 6.92 Å². The molecule has 1 aliphatic heterocycles. The molecule has 0 aliphatic carbocycles. The van der Waals surface area contributed by atoms with Gasteiger partial charge in [-0.15, -0.1) is 0 Å². The van der Waals surface area contributed by atoms with Crippen LogP contribution in [-0.4, -0.2) is 35.4 Å². The lowest BCUT2D eigenvalue weighted by molar-refractivity contribution is 0.127. The highest BCUT2D eigenvalue weighted by Crippen LogP contribution is 2.26. The van der Waals surface area contributed by atoms with E-state index in [4.69, 9.17) is 9.84 Å². The largest absolute Gasteiger partial charge is 0.396 e. The summed E-state index contributed by atoms with van der Waals surface area (Å²) in [7, 11) is 0. The molecule has 1 saturated heterocycles. The van der Waals surface area contributed by atoms with Crippen LogP contribution in [0.3, 0.4) is 0 Å². The van der Waals surface area contributed by atoms with Gasteiger partial charge >= 0.3 is 0 Å². The van der Waals surface area contributed by atoms with E-state index >= 15 is 0 Å². The zero-order valence-corrected chi connectivity index (χ0v) is 9.18. The molecular formula is C10H20O2S. The Kier molecular flexibility index (Phi) is 5.83. The van der Waals surface area contributed by atoms with E-state index in [9.17, 15) is 0 Å². The first-order chi connectivity index (χ1) is 6.34. The van der Waals surface area contributed by atoms with E-state index in [0.29, 0.717) is 18.0 Å². The fraction of sp³-hybridized carbons (Fsp3) is 1.00. The van der Waals surface area contributed by atoms with Crippen molar-refractivity contribution < 1.29 is 9.84 Å². The molecule has 78 valence electrons. The third-order valence-electron chi connectivity index (χ3n) is 2.44. The Hall–Kier alpha value is 0.270. The van der Waals surface area contributed by atoms with Crippen LogP contribution in [0.15, 0.2) is 0 Å². The van der Waals surface area contributed by atoms with Crippen LogP contribution in [0.1, 0.15) is 32.6 Å². The maximum Gasteiger partial charge on any atom is 0.0666 e. The monoisotopic (exact) mass is 204 g/mol. The van der Waals surface area contributed by atoms with Crippen molar-refractivity contribution in [1.29, 1.82) is 0 Å². The maximum absolute atomic E-state index is 8.59. The molecule has 0 radical (unpaired) electrons. The molecule has 1 N–H and O–H groups in total. The lowest BCUT2D eigenvalue weighted by Crippen LogP contribution is -2.13. The summed E-state index contributed by atoms with van der Waals surface area (Å²) in [6.45, 7) is 3.45. The van der Waals surface area contributed by atoms with Gasteiger partial charge in [-0.1, -0.05) is 6.42 Å². The third kappa shape index (κ3) is 4.34. The molecule has 0 spiro atoms. The summed E-state index contributed by atoms with van der Waals surface area (Å²) < 4.78 is 5.48. The van der Waals surface area contributed by atoms with Gasteiger partial charge in [0.1, 0.15) is 0 Å². The first kappa shape index (κ1) is 11.3. The molecule has 0 bridgehead atoms. The Bertz CT molecular complexity index is 130. The highest BCUT2D eigenvalue weighted by molar-refractivity contribution is 7.99. The van der Waals surface area contributed by atoms with Crippen molar-refractivity contribution in [2.24, 2.45) is 0 Å². The molecule has 1 rings (SSSR count). The Morgan fingerprint density at radius 1 is 1.38 bits per heavy atom. The summed E-state index contributed by atoms with van der Waals surface area (Å²) in [5.74, 6) is 1.22. The predicted molar refractivity (Wildman–Crippen MR) is 57.2 cm³/mol. The van der Waals surface area contributed by atoms with Crippen molar-refractivity contribution in [1.82, 2.24) is 0 Å². The van der Waals surface area contributed by atoms with Crippen LogP contribution >= 0.6 is 11.8 Å². The quantitative estimate of drug-likeness (QED) is 0.672. The Balaban J connectivity index is 1.93. The highest BCUT2D eigenvalue weighted by Gasteiger charge is 2.23. The number of unbranched alkanes of at least 4 members (excludes halogenated alkanes) is 2. The number of aliphatic hydroxyl groups excluding tert-OH is 1. The molecule has 1 aliphatic rings. The van der Waals surface area contributed by atoms with E-state index in [1.165, 1.54) is 18.6 Å². The standard InChI is InChI=1S/C10H20O2S/c1-9-10(5-7-12-9)13-8-4-2-3-6-11/h9-11H,2-8H2,1H3. The molecule has 0 saturated carbocycles. The van der Waals surface area contributed by atoms with Gasteiger partial charge in [-0.2, -0.15) is 11.8 Å². The normalized spacial score (nSPS) is 28.2. The molecule has 0 amide bonds. The number of rotatable bonds is 6. The fourth-order valence-corrected chi connectivity index (χ4v) is 2.84. The summed E-state index contributed by atoms with van der Waals surface area (Å²) in [6.07, 6.45) is 5.01. The number of hydrogen-bond acceptors (Lipinski definition) is 3. The summed E-state index contributed by atoms with van der Waals surface area (Å²) in [5.41, 5.74) is 0. The molecule has 3 heteroatoms. The Morgan fingerprint density at radius 3 is 2.85 bits per heavy atom. The van der Waals surface area contributed by atoms with Crippen LogP contribution in [0, 0.1) is 0 Å². The van der Waals surface area contributed by atoms with Crippen LogP contribution in [-0.2, 0) is 4.74 Å². The summed E-state index contributed by atoms with van der Waals surface area (Å²) in [5, 5.41) is 9.31. The molecule has 0 aromatic carbocycles. The second-order valence-corrected chi connectivity index (χ2v) is 4.91. The molecule has 1 fully saturated rings. The first-order valence-corrected chi connectivity index (χ1v) is 6.23. The molecular weight excluding hydrogens is 184 g/mol. The van der Waals surface area contributed by atoms with Gasteiger partial charge in [0.25, 0.3) is 0 Å². The number of hydrogen-bond donors (Lipinski definition) is 1. The lowest BCUT2D eigenvalue weighted by Gasteiger charge is -2.12. The van der Waals surface area contributed by atoms with Gasteiger partial charge in [0.15, 0.2) is 0 Å². The topological polar surface area (TPSA) is 29.5 Å². The van der Waals surface area contributed by atoms with E-state index in [1.807, 2.05) is 11.8 Å². The van der Waals surface area contributed by atoms with E-state index in [0.717, 1.165) is 19.4 Å². The van der Waals surface area contributed by atoms with Crippen LogP contribution in [0.4, 0.5) is 0 Å². The second-order valence-electron chi connectivity index (χ2n) is 3.56. The Morgan fingerprint density at radius 2 is 2.23 bits per heavy atom. The highest BCUT2D eigenvalue weighted by atomic mass is 32.2. The average Bonchev–Trinajstić information content (AvgIpc) is 2.52. The summed E-state index contributed by atoms with van der Waals surface area (Å²) in [4.78, 5) is 0. The molecule has 13 heavy (non-hydrogen) atoms. The molecule has 2 nitrogen and oxygen atoms in total. The molecule has 0 aromatic heterocycles.